The van der Waals surface area contributed by atoms with E-state index < -0.39 is 11.8 Å². The number of anilines is 2. The van der Waals surface area contributed by atoms with Crippen molar-refractivity contribution >= 4 is 28.7 Å². The number of rotatable bonds is 18. The molecule has 0 bridgehead atoms. The molecule has 1 heterocycles. The first kappa shape index (κ1) is 33.8. The molecule has 1 aromatic heterocycles. The number of urea groups is 1. The Labute approximate surface area is 254 Å². The summed E-state index contributed by atoms with van der Waals surface area (Å²) in [7, 11) is 0. The van der Waals surface area contributed by atoms with Gasteiger partial charge in [0.1, 0.15) is 0 Å². The Morgan fingerprint density at radius 2 is 1.50 bits per heavy atom. The molecule has 2 aromatic carbocycles. The van der Waals surface area contributed by atoms with Crippen LogP contribution in [0.4, 0.5) is 20.6 Å². The summed E-state index contributed by atoms with van der Waals surface area (Å²) in [6, 6.07) is 11.8. The van der Waals surface area contributed by atoms with Crippen molar-refractivity contribution in [2.75, 3.05) is 17.2 Å². The van der Waals surface area contributed by atoms with Crippen LogP contribution < -0.4 is 36.9 Å². The van der Waals surface area contributed by atoms with Crippen molar-refractivity contribution in [1.82, 2.24) is 0 Å². The summed E-state index contributed by atoms with van der Waals surface area (Å²) in [5.41, 5.74) is 5.41. The van der Waals surface area contributed by atoms with E-state index in [9.17, 15) is 9.18 Å². The van der Waals surface area contributed by atoms with Gasteiger partial charge in [-0.1, -0.05) is 101 Å². The Morgan fingerprint density at radius 1 is 0.875 bits per heavy atom. The van der Waals surface area contributed by atoms with Crippen LogP contribution in [0.5, 0.6) is 5.75 Å². The maximum absolute atomic E-state index is 14.5. The van der Waals surface area contributed by atoms with Gasteiger partial charge < -0.3 is 32.4 Å². The lowest BCUT2D eigenvalue weighted by Crippen LogP contribution is -3.00. The highest BCUT2D eigenvalue weighted by molar-refractivity contribution is 7.07. The Hall–Kier alpha value is -2.45. The van der Waals surface area contributed by atoms with Gasteiger partial charge in [-0.05, 0) is 30.7 Å². The lowest BCUT2D eigenvalue weighted by Gasteiger charge is -2.11. The van der Waals surface area contributed by atoms with Gasteiger partial charge in [-0.15, -0.1) is 0 Å². The number of carbonyl (C=O) groups is 1. The zero-order chi connectivity index (χ0) is 27.7. The van der Waals surface area contributed by atoms with E-state index in [1.807, 2.05) is 24.3 Å². The summed E-state index contributed by atoms with van der Waals surface area (Å²) in [5, 5.41) is 7.63. The number of hydrogen-bond acceptors (Lipinski definition) is 3. The third kappa shape index (κ3) is 12.8. The molecule has 0 spiro atoms. The fraction of sp³-hybridized carbons (Fsp3) is 0.500. The normalized spacial score (nSPS) is 10.7. The number of aromatic nitrogens is 1. The molecule has 8 heteroatoms. The molecule has 0 fully saturated rings. The summed E-state index contributed by atoms with van der Waals surface area (Å²) >= 11 is 1.66. The van der Waals surface area contributed by atoms with Crippen molar-refractivity contribution in [2.45, 2.75) is 97.4 Å². The number of nitrogens with one attached hydrogen (secondary N) is 2. The molecule has 220 valence electrons. The number of carbonyl (C=O) groups excluding carboxylic acids is 1. The van der Waals surface area contributed by atoms with E-state index in [2.05, 4.69) is 39.9 Å². The second-order valence-electron chi connectivity index (χ2n) is 10.3. The Morgan fingerprint density at radius 3 is 2.10 bits per heavy atom. The number of benzene rings is 2. The Kier molecular flexibility index (Phi) is 16.5. The molecule has 0 radical (unpaired) electrons. The zero-order valence-electron chi connectivity index (χ0n) is 24.0. The Balaban J connectivity index is 0.00000560. The molecule has 0 atom stereocenters. The van der Waals surface area contributed by atoms with E-state index in [0.717, 1.165) is 24.9 Å². The second kappa shape index (κ2) is 19.6. The predicted molar refractivity (Wildman–Crippen MR) is 160 cm³/mol. The van der Waals surface area contributed by atoms with Gasteiger partial charge in [0, 0.05) is 29.9 Å². The summed E-state index contributed by atoms with van der Waals surface area (Å²) < 4.78 is 22.3. The maximum atomic E-state index is 14.5. The van der Waals surface area contributed by atoms with Crippen LogP contribution >= 0.6 is 11.3 Å². The lowest BCUT2D eigenvalue weighted by atomic mass is 10.1. The fourth-order valence-electron chi connectivity index (χ4n) is 4.57. The van der Waals surface area contributed by atoms with Crippen LogP contribution in [0.1, 0.15) is 95.2 Å². The quantitative estimate of drug-likeness (QED) is 0.128. The molecule has 0 aliphatic carbocycles. The first-order valence-electron chi connectivity index (χ1n) is 14.6. The number of hydrogen-bond donors (Lipinski definition) is 2. The predicted octanol–water partition coefficient (Wildman–Crippen LogP) is 6.26. The van der Waals surface area contributed by atoms with E-state index in [-0.39, 0.29) is 22.7 Å². The minimum atomic E-state index is -0.475. The topological polar surface area (TPSA) is 54.2 Å². The van der Waals surface area contributed by atoms with Crippen molar-refractivity contribution in [3.63, 3.8) is 0 Å². The Bertz CT molecular complexity index is 1140. The van der Waals surface area contributed by atoms with Crippen molar-refractivity contribution in [3.05, 3.63) is 70.4 Å². The largest absolute Gasteiger partial charge is 1.00 e. The van der Waals surface area contributed by atoms with Crippen LogP contribution in [0.2, 0.25) is 0 Å². The lowest BCUT2D eigenvalue weighted by molar-refractivity contribution is -0.689. The average molecular weight is 635 g/mol. The van der Waals surface area contributed by atoms with Gasteiger partial charge in [-0.25, -0.2) is 9.18 Å². The molecule has 0 saturated heterocycles. The van der Waals surface area contributed by atoms with Crippen molar-refractivity contribution in [2.24, 2.45) is 0 Å². The van der Waals surface area contributed by atoms with Gasteiger partial charge in [-0.2, -0.15) is 4.57 Å². The van der Waals surface area contributed by atoms with E-state index >= 15 is 0 Å². The van der Waals surface area contributed by atoms with Gasteiger partial charge >= 0.3 is 6.03 Å². The molecule has 3 aromatic rings. The molecule has 0 aliphatic rings. The highest BCUT2D eigenvalue weighted by Crippen LogP contribution is 2.22. The highest BCUT2D eigenvalue weighted by atomic mass is 79.9. The molecule has 5 nitrogen and oxygen atoms in total. The number of halogens is 2. The number of aryl methyl sites for hydroxylation is 1. The third-order valence-corrected chi connectivity index (χ3v) is 7.72. The van der Waals surface area contributed by atoms with E-state index in [4.69, 9.17) is 4.74 Å². The maximum Gasteiger partial charge on any atom is 0.323 e. The van der Waals surface area contributed by atoms with Crippen molar-refractivity contribution < 1.29 is 35.5 Å². The van der Waals surface area contributed by atoms with Gasteiger partial charge in [0.05, 0.1) is 12.0 Å². The average Bonchev–Trinajstić information content (AvgIpc) is 3.32. The number of amides is 2. The first-order chi connectivity index (χ1) is 19.0. The van der Waals surface area contributed by atoms with Crippen molar-refractivity contribution in [1.29, 1.82) is 0 Å². The first-order valence-corrected chi connectivity index (χ1v) is 15.5. The summed E-state index contributed by atoms with van der Waals surface area (Å²) in [6.07, 6.45) is 15.3. The van der Waals surface area contributed by atoms with Crippen LogP contribution in [0.25, 0.3) is 0 Å². The van der Waals surface area contributed by atoms with E-state index in [1.165, 1.54) is 76.0 Å². The number of ether oxygens (including phenoxy) is 1. The van der Waals surface area contributed by atoms with Crippen LogP contribution in [0.3, 0.4) is 0 Å². The van der Waals surface area contributed by atoms with Gasteiger partial charge in [0.25, 0.3) is 0 Å². The number of nitrogens with zero attached hydrogens (tertiary/aromatic N) is 1. The molecule has 2 N–H and O–H groups in total. The molecule has 40 heavy (non-hydrogen) atoms. The molecule has 0 saturated carbocycles. The molecule has 0 aliphatic heterocycles. The highest BCUT2D eigenvalue weighted by Gasteiger charge is 2.11. The molecular formula is C32H45BrFN3O2S. The molecular weight excluding hydrogens is 589 g/mol. The monoisotopic (exact) mass is 633 g/mol. The van der Waals surface area contributed by atoms with E-state index in [0.29, 0.717) is 18.0 Å². The van der Waals surface area contributed by atoms with Gasteiger partial charge in [0.2, 0.25) is 5.51 Å². The minimum Gasteiger partial charge on any atom is -1.00 e. The van der Waals surface area contributed by atoms with Gasteiger partial charge in [-0.3, -0.25) is 0 Å². The summed E-state index contributed by atoms with van der Waals surface area (Å²) in [4.78, 5) is 12.5. The number of unbranched alkanes of at least 4 members (excludes halogenated alkanes) is 11. The summed E-state index contributed by atoms with van der Waals surface area (Å²) in [5.74, 6) is -0.255. The standard InChI is InChI=1S/C32H44FN3O2S.BrH/c1-3-4-5-6-7-8-9-10-11-12-13-14-20-38-31-19-18-29(22-30(31)33)35-32(37)34-28-17-15-16-27(21-28)23-36-25-39-24-26(36)2;/h15-19,21-22,24-25H,3-14,20,23H2,1-2H3,(H-,34,35,37);1H. The molecule has 2 amide bonds. The summed E-state index contributed by atoms with van der Waals surface area (Å²) in [6.45, 7) is 5.56. The van der Waals surface area contributed by atoms with Crippen molar-refractivity contribution in [3.8, 4) is 5.75 Å². The molecule has 3 rings (SSSR count). The fourth-order valence-corrected chi connectivity index (χ4v) is 5.35. The van der Waals surface area contributed by atoms with Gasteiger partial charge in [0.15, 0.2) is 23.8 Å². The van der Waals surface area contributed by atoms with Crippen LogP contribution in [-0.2, 0) is 6.54 Å². The van der Waals surface area contributed by atoms with Crippen LogP contribution in [0.15, 0.2) is 53.4 Å². The second-order valence-corrected chi connectivity index (χ2v) is 11.0. The minimum absolute atomic E-state index is 0. The SMILES string of the molecule is CCCCCCCCCCCCCCOc1ccc(NC(=O)Nc2cccc(C[n+]3cscc3C)c2)cc1F.[Br-]. The smallest absolute Gasteiger partial charge is 0.323 e. The van der Waals surface area contributed by atoms with Crippen LogP contribution in [-0.4, -0.2) is 12.6 Å². The number of thiazole rings is 1. The van der Waals surface area contributed by atoms with Crippen LogP contribution in [0, 0.1) is 12.7 Å². The third-order valence-electron chi connectivity index (χ3n) is 6.86. The molecule has 0 unspecified atom stereocenters. The van der Waals surface area contributed by atoms with E-state index in [1.54, 1.807) is 23.5 Å². The zero-order valence-corrected chi connectivity index (χ0v) is 26.4.